The maximum atomic E-state index is 14.3. The van der Waals surface area contributed by atoms with Crippen LogP contribution in [-0.2, 0) is 9.53 Å². The highest BCUT2D eigenvalue weighted by Gasteiger charge is 2.37. The van der Waals surface area contributed by atoms with E-state index < -0.39 is 12.0 Å². The molecule has 42 heavy (non-hydrogen) atoms. The zero-order chi connectivity index (χ0) is 30.0. The van der Waals surface area contributed by atoms with Crippen molar-refractivity contribution < 1.29 is 28.8 Å². The standard InChI is InChI=1S/C32H32N2O7S/c1-6-10-21-27(31(37)41-7-2)28(26-20-12-9-8-11-19(20)13-14-22(26)38-3)34-30(36)25(42-32(34)33-21)17-18-15-23(39-4)29(35)24(16-18)40-5/h8-9,11-17,28,35H,6-7,10H2,1-5H3. The van der Waals surface area contributed by atoms with E-state index in [0.29, 0.717) is 43.9 Å². The summed E-state index contributed by atoms with van der Waals surface area (Å²) in [5.74, 6) is 0.306. The predicted molar refractivity (Wildman–Crippen MR) is 161 cm³/mol. The Morgan fingerprint density at radius 1 is 1.02 bits per heavy atom. The Morgan fingerprint density at radius 3 is 2.36 bits per heavy atom. The van der Waals surface area contributed by atoms with Gasteiger partial charge in [-0.15, -0.1) is 0 Å². The van der Waals surface area contributed by atoms with Crippen LogP contribution in [0.5, 0.6) is 23.0 Å². The highest BCUT2D eigenvalue weighted by Crippen LogP contribution is 2.41. The quantitative estimate of drug-likeness (QED) is 0.288. The molecular formula is C32H32N2O7S. The minimum atomic E-state index is -0.839. The van der Waals surface area contributed by atoms with Gasteiger partial charge in [-0.3, -0.25) is 9.36 Å². The molecule has 0 radical (unpaired) electrons. The lowest BCUT2D eigenvalue weighted by Crippen LogP contribution is -2.40. The Morgan fingerprint density at radius 2 is 1.71 bits per heavy atom. The second-order valence-electron chi connectivity index (χ2n) is 9.59. The van der Waals surface area contributed by atoms with Crippen molar-refractivity contribution in [2.45, 2.75) is 32.7 Å². The molecule has 1 N–H and O–H groups in total. The van der Waals surface area contributed by atoms with Crippen molar-refractivity contribution in [1.82, 2.24) is 4.57 Å². The number of phenolic OH excluding ortho intramolecular Hbond substituents is 1. The van der Waals surface area contributed by atoms with Crippen molar-refractivity contribution in [3.8, 4) is 23.0 Å². The summed E-state index contributed by atoms with van der Waals surface area (Å²) in [6.45, 7) is 3.94. The van der Waals surface area contributed by atoms with Gasteiger partial charge in [-0.2, -0.15) is 0 Å². The van der Waals surface area contributed by atoms with Gasteiger partial charge in [-0.25, -0.2) is 9.79 Å². The van der Waals surface area contributed by atoms with Crippen molar-refractivity contribution in [2.75, 3.05) is 27.9 Å². The monoisotopic (exact) mass is 588 g/mol. The summed E-state index contributed by atoms with van der Waals surface area (Å²) in [6.07, 6.45) is 2.96. The maximum Gasteiger partial charge on any atom is 0.338 e. The van der Waals surface area contributed by atoms with Crippen LogP contribution in [0.25, 0.3) is 16.8 Å². The lowest BCUT2D eigenvalue weighted by molar-refractivity contribution is -0.139. The van der Waals surface area contributed by atoms with Gasteiger partial charge in [0.1, 0.15) is 11.8 Å². The molecule has 1 aromatic heterocycles. The number of fused-ring (bicyclic) bond motifs is 2. The number of hydrogen-bond donors (Lipinski definition) is 1. The number of aromatic hydroxyl groups is 1. The Balaban J connectivity index is 1.86. The van der Waals surface area contributed by atoms with Gasteiger partial charge >= 0.3 is 5.97 Å². The van der Waals surface area contributed by atoms with E-state index in [2.05, 4.69) is 0 Å². The molecule has 1 unspecified atom stereocenters. The van der Waals surface area contributed by atoms with Gasteiger partial charge in [0.25, 0.3) is 5.56 Å². The van der Waals surface area contributed by atoms with Gasteiger partial charge in [-0.1, -0.05) is 55.0 Å². The van der Waals surface area contributed by atoms with Crippen LogP contribution in [0.4, 0.5) is 0 Å². The van der Waals surface area contributed by atoms with Gasteiger partial charge in [0.2, 0.25) is 5.75 Å². The van der Waals surface area contributed by atoms with Crippen LogP contribution in [0.3, 0.4) is 0 Å². The fourth-order valence-electron chi connectivity index (χ4n) is 5.28. The topological polar surface area (TPSA) is 109 Å². The zero-order valence-electron chi connectivity index (χ0n) is 24.1. The van der Waals surface area contributed by atoms with Gasteiger partial charge < -0.3 is 24.1 Å². The molecule has 0 fully saturated rings. The number of thiazole rings is 1. The third-order valence-electron chi connectivity index (χ3n) is 7.12. The van der Waals surface area contributed by atoms with Crippen LogP contribution in [0.1, 0.15) is 43.9 Å². The number of nitrogens with zero attached hydrogens (tertiary/aromatic N) is 2. The predicted octanol–water partition coefficient (Wildman–Crippen LogP) is 4.46. The first-order valence-electron chi connectivity index (χ1n) is 13.6. The number of benzene rings is 3. The SMILES string of the molecule is CCCC1=C(C(=O)OCC)C(c2c(OC)ccc3ccccc23)n2c(sc(=Cc3cc(OC)c(O)c(OC)c3)c2=O)=N1. The van der Waals surface area contributed by atoms with Crippen molar-refractivity contribution in [3.63, 3.8) is 0 Å². The van der Waals surface area contributed by atoms with Gasteiger partial charge in [-0.05, 0) is 54.0 Å². The van der Waals surface area contributed by atoms with Crippen molar-refractivity contribution in [3.05, 3.63) is 90.6 Å². The molecule has 1 aliphatic heterocycles. The van der Waals surface area contributed by atoms with Gasteiger partial charge in [0, 0.05) is 5.56 Å². The van der Waals surface area contributed by atoms with Crippen LogP contribution in [0, 0.1) is 0 Å². The molecule has 4 aromatic rings. The summed E-state index contributed by atoms with van der Waals surface area (Å²) in [5, 5.41) is 12.2. The Hall–Kier alpha value is -4.57. The van der Waals surface area contributed by atoms with Crippen LogP contribution in [0.15, 0.2) is 69.6 Å². The van der Waals surface area contributed by atoms with E-state index in [9.17, 15) is 14.7 Å². The summed E-state index contributed by atoms with van der Waals surface area (Å²) < 4.78 is 23.9. The van der Waals surface area contributed by atoms with Crippen LogP contribution >= 0.6 is 11.3 Å². The highest BCUT2D eigenvalue weighted by molar-refractivity contribution is 7.07. The minimum absolute atomic E-state index is 0.134. The number of methoxy groups -OCH3 is 3. The molecule has 5 rings (SSSR count). The van der Waals surface area contributed by atoms with E-state index >= 15 is 0 Å². The normalized spacial score (nSPS) is 14.9. The first-order chi connectivity index (χ1) is 20.4. The summed E-state index contributed by atoms with van der Waals surface area (Å²) >= 11 is 1.22. The molecule has 2 heterocycles. The van der Waals surface area contributed by atoms with Gasteiger partial charge in [0.15, 0.2) is 16.3 Å². The summed E-state index contributed by atoms with van der Waals surface area (Å²) in [6, 6.07) is 14.0. The third-order valence-corrected chi connectivity index (χ3v) is 8.10. The number of allylic oxidation sites excluding steroid dienone is 1. The molecule has 0 amide bonds. The third kappa shape index (κ3) is 5.02. The number of esters is 1. The summed E-state index contributed by atoms with van der Waals surface area (Å²) in [4.78, 5) is 33.2. The Labute approximate surface area is 246 Å². The average molecular weight is 589 g/mol. The van der Waals surface area contributed by atoms with E-state index in [0.717, 1.165) is 17.2 Å². The average Bonchev–Trinajstić information content (AvgIpc) is 3.30. The zero-order valence-corrected chi connectivity index (χ0v) is 24.9. The molecule has 1 atom stereocenters. The lowest BCUT2D eigenvalue weighted by atomic mass is 9.90. The number of rotatable bonds is 9. The summed E-state index contributed by atoms with van der Waals surface area (Å²) in [5.41, 5.74) is 1.84. The maximum absolute atomic E-state index is 14.3. The molecule has 0 bridgehead atoms. The second-order valence-corrected chi connectivity index (χ2v) is 10.6. The number of carbonyl (C=O) groups excluding carboxylic acids is 1. The molecule has 1 aliphatic rings. The van der Waals surface area contributed by atoms with E-state index in [1.54, 1.807) is 36.8 Å². The molecule has 10 heteroatoms. The first-order valence-corrected chi connectivity index (χ1v) is 14.4. The molecule has 218 valence electrons. The van der Waals surface area contributed by atoms with Crippen LogP contribution in [0.2, 0.25) is 0 Å². The molecule has 0 saturated heterocycles. The fourth-order valence-corrected chi connectivity index (χ4v) is 6.30. The second kappa shape index (κ2) is 12.1. The highest BCUT2D eigenvalue weighted by atomic mass is 32.1. The minimum Gasteiger partial charge on any atom is -0.502 e. The number of aromatic nitrogens is 1. The molecule has 3 aromatic carbocycles. The van der Waals surface area contributed by atoms with E-state index in [-0.39, 0.29) is 29.4 Å². The van der Waals surface area contributed by atoms with Crippen molar-refractivity contribution in [2.24, 2.45) is 4.99 Å². The number of phenols is 1. The lowest BCUT2D eigenvalue weighted by Gasteiger charge is -2.28. The van der Waals surface area contributed by atoms with Crippen molar-refractivity contribution >= 4 is 34.2 Å². The van der Waals surface area contributed by atoms with Crippen LogP contribution in [-0.4, -0.2) is 43.6 Å². The Bertz CT molecular complexity index is 1860. The summed E-state index contributed by atoms with van der Waals surface area (Å²) in [7, 11) is 4.45. The number of hydrogen-bond acceptors (Lipinski definition) is 9. The molecule has 0 aliphatic carbocycles. The molecular weight excluding hydrogens is 556 g/mol. The Kier molecular flexibility index (Phi) is 8.35. The van der Waals surface area contributed by atoms with E-state index in [1.165, 1.54) is 25.6 Å². The molecule has 0 spiro atoms. The van der Waals surface area contributed by atoms with Gasteiger partial charge in [0.05, 0.1) is 43.7 Å². The van der Waals surface area contributed by atoms with Crippen molar-refractivity contribution in [1.29, 1.82) is 0 Å². The first kappa shape index (κ1) is 28.9. The van der Waals surface area contributed by atoms with E-state index in [4.69, 9.17) is 23.9 Å². The smallest absolute Gasteiger partial charge is 0.338 e. The molecule has 0 saturated carbocycles. The fraction of sp³-hybridized carbons (Fsp3) is 0.281. The largest absolute Gasteiger partial charge is 0.502 e. The van der Waals surface area contributed by atoms with Crippen LogP contribution < -0.4 is 29.1 Å². The van der Waals surface area contributed by atoms with E-state index in [1.807, 2.05) is 43.3 Å². The molecule has 9 nitrogen and oxygen atoms in total. The number of carbonyl (C=O) groups is 1. The number of ether oxygens (including phenoxy) is 4.